The van der Waals surface area contributed by atoms with E-state index in [1.807, 2.05) is 97.9 Å². The van der Waals surface area contributed by atoms with E-state index >= 15 is 0 Å². The molecular weight excluding hydrogens is 602 g/mol. The summed E-state index contributed by atoms with van der Waals surface area (Å²) in [6.45, 7) is 3.42. The number of rotatable bonds is 14. The number of nitrogens with one attached hydrogen (secondary N) is 2. The number of amides is 3. The summed E-state index contributed by atoms with van der Waals surface area (Å²) in [5.41, 5.74) is 3.50. The first-order chi connectivity index (χ1) is 22.5. The minimum atomic E-state index is -0.921. The van der Waals surface area contributed by atoms with Crippen LogP contribution in [0.5, 0.6) is 0 Å². The van der Waals surface area contributed by atoms with Gasteiger partial charge >= 0.3 is 6.03 Å². The van der Waals surface area contributed by atoms with Crippen molar-refractivity contribution in [2.24, 2.45) is 0 Å². The summed E-state index contributed by atoms with van der Waals surface area (Å²) in [4.78, 5) is 29.1. The van der Waals surface area contributed by atoms with E-state index in [4.69, 9.17) is 25.8 Å². The second kappa shape index (κ2) is 16.9. The summed E-state index contributed by atoms with van der Waals surface area (Å²) < 4.78 is 19.6. The molecule has 4 atom stereocenters. The number of benzene rings is 4. The van der Waals surface area contributed by atoms with E-state index < -0.39 is 30.4 Å². The largest absolute Gasteiger partial charge is 0.368 e. The van der Waals surface area contributed by atoms with Crippen LogP contribution in [0.4, 0.5) is 10.5 Å². The number of carbonyl (C=O) groups excluding carboxylic acids is 2. The van der Waals surface area contributed by atoms with Gasteiger partial charge in [-0.15, -0.1) is 0 Å². The summed E-state index contributed by atoms with van der Waals surface area (Å²) in [6, 6.07) is 35.4. The van der Waals surface area contributed by atoms with Crippen LogP contribution in [0, 0.1) is 0 Å². The smallest absolute Gasteiger partial charge is 0.319 e. The van der Waals surface area contributed by atoms with Gasteiger partial charge in [0.05, 0.1) is 25.9 Å². The molecule has 1 aliphatic rings. The van der Waals surface area contributed by atoms with Gasteiger partial charge in [-0.05, 0) is 47.4 Å². The fourth-order valence-electron chi connectivity index (χ4n) is 5.53. The van der Waals surface area contributed by atoms with Crippen LogP contribution in [0.2, 0.25) is 5.02 Å². The lowest BCUT2D eigenvalue weighted by Crippen LogP contribution is -2.68. The zero-order valence-corrected chi connectivity index (χ0v) is 26.6. The van der Waals surface area contributed by atoms with Gasteiger partial charge in [0.2, 0.25) is 0 Å². The lowest BCUT2D eigenvalue weighted by atomic mass is 9.91. The summed E-state index contributed by atoms with van der Waals surface area (Å²) in [6.07, 6.45) is -1.58. The third-order valence-corrected chi connectivity index (χ3v) is 8.06. The van der Waals surface area contributed by atoms with Crippen molar-refractivity contribution in [3.8, 4) is 0 Å². The van der Waals surface area contributed by atoms with E-state index in [2.05, 4.69) is 10.6 Å². The fraction of sp³-hybridized carbons (Fsp3) is 0.297. The first kappa shape index (κ1) is 33.2. The summed E-state index contributed by atoms with van der Waals surface area (Å²) in [7, 11) is 0. The van der Waals surface area contributed by atoms with Gasteiger partial charge in [-0.2, -0.15) is 0 Å². The maximum Gasteiger partial charge on any atom is 0.319 e. The summed E-state index contributed by atoms with van der Waals surface area (Å²) >= 11 is 6.01. The van der Waals surface area contributed by atoms with Gasteiger partial charge in [0.15, 0.2) is 6.10 Å². The molecule has 5 rings (SSSR count). The molecule has 9 heteroatoms. The van der Waals surface area contributed by atoms with Crippen LogP contribution in [0.25, 0.3) is 0 Å². The Morgan fingerprint density at radius 3 is 1.74 bits per heavy atom. The van der Waals surface area contributed by atoms with Crippen molar-refractivity contribution in [3.63, 3.8) is 0 Å². The number of carbonyl (C=O) groups is 2. The van der Waals surface area contributed by atoms with Gasteiger partial charge < -0.3 is 29.7 Å². The SMILES string of the molecule is CCCN1C(=O)[C@H](OCc2ccccc2)[C@@H](OCc2ccccc2)[C@H](OCc2ccccc2)[C@H]1CNC(=O)Nc1ccc(Cl)cc1. The molecule has 1 heterocycles. The number of piperidine rings is 1. The first-order valence-corrected chi connectivity index (χ1v) is 16.0. The monoisotopic (exact) mass is 641 g/mol. The highest BCUT2D eigenvalue weighted by Crippen LogP contribution is 2.30. The lowest BCUT2D eigenvalue weighted by molar-refractivity contribution is -0.208. The molecule has 0 radical (unpaired) electrons. The normalized spacial score (nSPS) is 19.5. The molecule has 8 nitrogen and oxygen atoms in total. The number of hydrogen-bond donors (Lipinski definition) is 2. The molecule has 240 valence electrons. The highest BCUT2D eigenvalue weighted by Gasteiger charge is 2.50. The Labute approximate surface area is 275 Å². The molecule has 0 bridgehead atoms. The maximum atomic E-state index is 14.3. The maximum absolute atomic E-state index is 14.3. The quantitative estimate of drug-likeness (QED) is 0.157. The predicted octanol–water partition coefficient (Wildman–Crippen LogP) is 6.84. The molecule has 0 unspecified atom stereocenters. The third kappa shape index (κ3) is 9.17. The van der Waals surface area contributed by atoms with Crippen LogP contribution < -0.4 is 10.6 Å². The summed E-state index contributed by atoms with van der Waals surface area (Å²) in [5, 5.41) is 6.38. The van der Waals surface area contributed by atoms with Gasteiger partial charge in [-0.1, -0.05) is 110 Å². The third-order valence-electron chi connectivity index (χ3n) is 7.81. The van der Waals surface area contributed by atoms with Crippen molar-refractivity contribution >= 4 is 29.2 Å². The van der Waals surface area contributed by atoms with Gasteiger partial charge in [0, 0.05) is 23.8 Å². The van der Waals surface area contributed by atoms with Crippen LogP contribution in [0.15, 0.2) is 115 Å². The van der Waals surface area contributed by atoms with Crippen molar-refractivity contribution in [1.82, 2.24) is 10.2 Å². The van der Waals surface area contributed by atoms with Crippen LogP contribution >= 0.6 is 11.6 Å². The molecule has 46 heavy (non-hydrogen) atoms. The second-order valence-corrected chi connectivity index (χ2v) is 11.6. The Morgan fingerprint density at radius 2 is 1.22 bits per heavy atom. The fourth-order valence-corrected chi connectivity index (χ4v) is 5.66. The highest BCUT2D eigenvalue weighted by molar-refractivity contribution is 6.30. The van der Waals surface area contributed by atoms with E-state index in [0.717, 1.165) is 16.7 Å². The van der Waals surface area contributed by atoms with Gasteiger partial charge in [-0.3, -0.25) is 4.79 Å². The number of urea groups is 1. The highest BCUT2D eigenvalue weighted by atomic mass is 35.5. The molecule has 4 aromatic carbocycles. The van der Waals surface area contributed by atoms with Crippen LogP contribution in [-0.2, 0) is 38.8 Å². The Hall–Kier alpha value is -4.21. The average Bonchev–Trinajstić information content (AvgIpc) is 3.09. The first-order valence-electron chi connectivity index (χ1n) is 15.6. The average molecular weight is 642 g/mol. The molecule has 1 saturated heterocycles. The van der Waals surface area contributed by atoms with Crippen LogP contribution in [0.1, 0.15) is 30.0 Å². The molecule has 0 aliphatic carbocycles. The molecule has 1 fully saturated rings. The molecule has 3 amide bonds. The van der Waals surface area contributed by atoms with Crippen molar-refractivity contribution in [3.05, 3.63) is 137 Å². The van der Waals surface area contributed by atoms with E-state index in [-0.39, 0.29) is 25.7 Å². The van der Waals surface area contributed by atoms with Gasteiger partial charge in [0.1, 0.15) is 12.2 Å². The molecule has 2 N–H and O–H groups in total. The van der Waals surface area contributed by atoms with E-state index in [1.54, 1.807) is 29.2 Å². The Bertz CT molecular complexity index is 1510. The zero-order valence-electron chi connectivity index (χ0n) is 25.9. The molecule has 4 aromatic rings. The molecular formula is C37H40ClN3O5. The standard InChI is InChI=1S/C37H40ClN3O5/c1-2-22-41-32(23-39-37(43)40-31-20-18-30(38)19-21-31)33(44-24-27-12-6-3-7-13-27)34(45-25-28-14-8-4-9-15-28)35(36(41)42)46-26-29-16-10-5-11-17-29/h3-21,32-35H,2,22-26H2,1H3,(H2,39,40,43)/t32-,33-,34+,35-/m1/s1. The summed E-state index contributed by atoms with van der Waals surface area (Å²) in [5.74, 6) is -0.194. The molecule has 1 aliphatic heterocycles. The van der Waals surface area contributed by atoms with Gasteiger partial charge in [-0.25, -0.2) is 4.79 Å². The number of nitrogens with zero attached hydrogens (tertiary/aromatic N) is 1. The minimum Gasteiger partial charge on any atom is -0.368 e. The molecule has 0 saturated carbocycles. The zero-order chi connectivity index (χ0) is 32.1. The Kier molecular flexibility index (Phi) is 12.2. The van der Waals surface area contributed by atoms with Gasteiger partial charge in [0.25, 0.3) is 5.91 Å². The lowest BCUT2D eigenvalue weighted by Gasteiger charge is -2.48. The Morgan fingerprint density at radius 1 is 0.717 bits per heavy atom. The van der Waals surface area contributed by atoms with E-state index in [1.165, 1.54) is 0 Å². The minimum absolute atomic E-state index is 0.140. The van der Waals surface area contributed by atoms with E-state index in [0.29, 0.717) is 30.3 Å². The number of hydrogen-bond acceptors (Lipinski definition) is 5. The van der Waals surface area contributed by atoms with Crippen molar-refractivity contribution in [1.29, 1.82) is 0 Å². The Balaban J connectivity index is 1.43. The number of likely N-dealkylation sites (tertiary alicyclic amines) is 1. The van der Waals surface area contributed by atoms with Crippen molar-refractivity contribution < 1.29 is 23.8 Å². The van der Waals surface area contributed by atoms with Crippen LogP contribution in [0.3, 0.4) is 0 Å². The molecule has 0 spiro atoms. The van der Waals surface area contributed by atoms with Crippen molar-refractivity contribution in [2.45, 2.75) is 57.5 Å². The van der Waals surface area contributed by atoms with Crippen molar-refractivity contribution in [2.75, 3.05) is 18.4 Å². The predicted molar refractivity (Wildman–Crippen MR) is 179 cm³/mol. The molecule has 0 aromatic heterocycles. The topological polar surface area (TPSA) is 89.1 Å². The number of halogens is 1. The second-order valence-electron chi connectivity index (χ2n) is 11.2. The number of ether oxygens (including phenoxy) is 3. The number of anilines is 1. The van der Waals surface area contributed by atoms with E-state index in [9.17, 15) is 9.59 Å². The van der Waals surface area contributed by atoms with Crippen LogP contribution in [-0.4, -0.2) is 54.3 Å².